The largest absolute Gasteiger partial charge is 2.00 e. The summed E-state index contributed by atoms with van der Waals surface area (Å²) in [5, 5.41) is 0. The van der Waals surface area contributed by atoms with E-state index in [1.165, 1.54) is 322 Å². The molecule has 0 aromatic heterocycles. The van der Waals surface area contributed by atoms with Crippen molar-refractivity contribution in [2.24, 2.45) is 0 Å². The second-order valence-electron chi connectivity index (χ2n) is 24.5. The second kappa shape index (κ2) is 67.0. The average molecular weight is 1160 g/mol. The molecule has 2 aromatic rings. The van der Waals surface area contributed by atoms with Crippen LogP contribution in [0.4, 0.5) is 0 Å². The Kier molecular flexibility index (Phi) is 66.9. The van der Waals surface area contributed by atoms with Gasteiger partial charge >= 0.3 is 22.4 Å². The van der Waals surface area contributed by atoms with Gasteiger partial charge in [0, 0.05) is 0 Å². The van der Waals surface area contributed by atoms with E-state index in [9.17, 15) is 5.53 Å². The molecule has 0 saturated heterocycles. The van der Waals surface area contributed by atoms with Crippen LogP contribution in [0.3, 0.4) is 0 Å². The van der Waals surface area contributed by atoms with E-state index < -0.39 is 0 Å². The van der Waals surface area contributed by atoms with E-state index in [1.54, 1.807) is 0 Å². The maximum absolute atomic E-state index is 9.65. The van der Waals surface area contributed by atoms with Crippen molar-refractivity contribution in [3.8, 4) is 0 Å². The summed E-state index contributed by atoms with van der Waals surface area (Å²) in [5.74, 6) is 3.04. The fourth-order valence-corrected chi connectivity index (χ4v) is 11.3. The first-order valence-corrected chi connectivity index (χ1v) is 36.0. The molecule has 0 unspecified atom stereocenters. The van der Waals surface area contributed by atoms with Gasteiger partial charge in [-0.3, -0.25) is 0 Å². The molecule has 0 saturated carbocycles. The topological polar surface area (TPSA) is 36.4 Å². The minimum absolute atomic E-state index is 0. The molecule has 2 aromatic carbocycles. The zero-order valence-electron chi connectivity index (χ0n) is 55.4. The van der Waals surface area contributed by atoms with E-state index in [2.05, 4.69) is 115 Å². The van der Waals surface area contributed by atoms with Gasteiger partial charge in [0.2, 0.25) is 0 Å². The number of unbranched alkanes of at least 4 members (excludes halogenated alkanes) is 44. The molecule has 81 heavy (non-hydrogen) atoms. The van der Waals surface area contributed by atoms with Crippen LogP contribution in [0.25, 0.3) is 11.1 Å². The zero-order chi connectivity index (χ0) is 58.3. The molecule has 0 radical (unpaired) electrons. The predicted molar refractivity (Wildman–Crippen MR) is 363 cm³/mol. The van der Waals surface area contributed by atoms with Gasteiger partial charge < -0.3 is 19.4 Å². The van der Waals surface area contributed by atoms with Crippen molar-refractivity contribution in [2.45, 2.75) is 388 Å². The molecule has 2 nitrogen and oxygen atoms in total. The maximum Gasteiger partial charge on any atom is 2.00 e. The third kappa shape index (κ3) is 51.9. The van der Waals surface area contributed by atoms with Gasteiger partial charge in [-0.25, -0.2) is 0 Å². The first kappa shape index (κ1) is 80.9. The van der Waals surface area contributed by atoms with Crippen LogP contribution < -0.4 is 0 Å². The fraction of sp³-hybridized carbons (Fsp3) is 0.769. The molecule has 2 rings (SSSR count). The fourth-order valence-electron chi connectivity index (χ4n) is 11.3. The zero-order valence-corrected chi connectivity index (χ0v) is 56.4. The van der Waals surface area contributed by atoms with Gasteiger partial charge in [0.25, 0.3) is 0 Å². The Morgan fingerprint density at radius 3 is 0.840 bits per heavy atom. The number of aryl methyl sites for hydroxylation is 2. The molecule has 0 aliphatic heterocycles. The first-order valence-electron chi connectivity index (χ1n) is 36.0. The predicted octanol–water partition coefficient (Wildman–Crippen LogP) is 27.4. The Balaban J connectivity index is 0. The van der Waals surface area contributed by atoms with Crippen LogP contribution in [0.2, 0.25) is 0 Å². The molecule has 3 heteroatoms. The number of hydrogen-bond acceptors (Lipinski definition) is 0. The van der Waals surface area contributed by atoms with Gasteiger partial charge in [0.15, 0.2) is 0 Å². The van der Waals surface area contributed by atoms with Crippen LogP contribution in [-0.2, 0) is 29.3 Å². The van der Waals surface area contributed by atoms with Crippen molar-refractivity contribution in [2.75, 3.05) is 0 Å². The van der Waals surface area contributed by atoms with Crippen molar-refractivity contribution in [1.29, 1.82) is 0 Å². The minimum atomic E-state index is 0. The van der Waals surface area contributed by atoms with Crippen molar-refractivity contribution in [1.82, 2.24) is 0 Å². The van der Waals surface area contributed by atoms with Crippen LogP contribution in [0.15, 0.2) is 59.7 Å². The second-order valence-corrected chi connectivity index (χ2v) is 24.5. The molecular formula is C78H138N2Ni. The Morgan fingerprint density at radius 1 is 0.321 bits per heavy atom. The summed E-state index contributed by atoms with van der Waals surface area (Å²) in [7, 11) is 0. The van der Waals surface area contributed by atoms with Crippen LogP contribution in [0, 0.1) is 13.8 Å². The van der Waals surface area contributed by atoms with Gasteiger partial charge in [-0.1, -0.05) is 373 Å². The molecule has 0 amide bonds. The molecule has 0 atom stereocenters. The van der Waals surface area contributed by atoms with E-state index in [-0.39, 0.29) is 16.5 Å². The van der Waals surface area contributed by atoms with Crippen LogP contribution in [-0.4, -0.2) is 10.7 Å². The summed E-state index contributed by atoms with van der Waals surface area (Å²) in [5.41, 5.74) is 18.7. The third-order valence-electron chi connectivity index (χ3n) is 16.7. The Hall–Kier alpha value is -2.17. The SMILES string of the molecule is CCCCCCCCc1ccc(C(=C(CCCC)C(=C=[N+]=[N-])CCCCCC)c2ccc(CCCCCC)cc2)cc1.[CH2-]CCCCCCCCCCCCCCCCCC.[CH2-]CCCCCCCCCCCCCCCCCC.[Ni+2]. The Labute approximate surface area is 519 Å². The number of nitrogens with zero attached hydrogens (tertiary/aromatic N) is 2. The number of rotatable bonds is 55. The van der Waals surface area contributed by atoms with Crippen molar-refractivity contribution in [3.05, 3.63) is 101 Å². The summed E-state index contributed by atoms with van der Waals surface area (Å²) >= 11 is 0. The molecule has 0 heterocycles. The summed E-state index contributed by atoms with van der Waals surface area (Å²) in [6.07, 6.45) is 72.9. The standard InChI is InChI=1S/C40H60N2.2C19H39.Ni/c1-5-9-13-16-17-19-22-35-27-31-37(32-28-35)40(36-29-25-34(26-30-36)21-18-14-10-6-2)39(24-12-8-4)38(33-42-41)23-20-15-11-7-3;2*1-3-5-7-9-11-13-15-17-19-18-16-14-12-10-8-6-4-2;/h25-32H,5-24H2,1-4H3;2*1,3-19H2,2H3;/q;2*-1;+2. The van der Waals surface area contributed by atoms with E-state index in [4.69, 9.17) is 0 Å². The summed E-state index contributed by atoms with van der Waals surface area (Å²) in [6.45, 7) is 21.4. The van der Waals surface area contributed by atoms with Gasteiger partial charge in [0.05, 0.1) is 5.57 Å². The van der Waals surface area contributed by atoms with Crippen LogP contribution >= 0.6 is 0 Å². The summed E-state index contributed by atoms with van der Waals surface area (Å²) in [6, 6.07) is 18.6. The first-order chi connectivity index (χ1) is 39.5. The van der Waals surface area contributed by atoms with Crippen molar-refractivity contribution in [3.63, 3.8) is 0 Å². The van der Waals surface area contributed by atoms with E-state index in [1.807, 2.05) is 0 Å². The van der Waals surface area contributed by atoms with Gasteiger partial charge in [-0.2, -0.15) is 12.8 Å². The Morgan fingerprint density at radius 2 is 0.568 bits per heavy atom. The van der Waals surface area contributed by atoms with Crippen LogP contribution in [0.1, 0.15) is 398 Å². The molecule has 470 valence electrons. The summed E-state index contributed by atoms with van der Waals surface area (Å²) < 4.78 is 0. The van der Waals surface area contributed by atoms with Crippen LogP contribution in [0.5, 0.6) is 0 Å². The third-order valence-corrected chi connectivity index (χ3v) is 16.7. The molecular weight excluding hydrogens is 1020 g/mol. The van der Waals surface area contributed by atoms with E-state index in [0.29, 0.717) is 0 Å². The maximum atomic E-state index is 9.65. The van der Waals surface area contributed by atoms with E-state index in [0.717, 1.165) is 63.4 Å². The molecule has 0 N–H and O–H groups in total. The number of hydrogen-bond donors (Lipinski definition) is 0. The molecule has 0 aliphatic carbocycles. The van der Waals surface area contributed by atoms with Crippen molar-refractivity contribution >= 4 is 11.4 Å². The minimum Gasteiger partial charge on any atom is -0.348 e. The van der Waals surface area contributed by atoms with Crippen molar-refractivity contribution < 1.29 is 21.3 Å². The molecule has 0 fully saturated rings. The molecule has 0 aliphatic rings. The Bertz CT molecular complexity index is 1590. The van der Waals surface area contributed by atoms with E-state index >= 15 is 0 Å². The van der Waals surface area contributed by atoms with Gasteiger partial charge in [0.1, 0.15) is 0 Å². The number of benzene rings is 2. The normalized spacial score (nSPS) is 11.2. The van der Waals surface area contributed by atoms with Gasteiger partial charge in [-0.15, -0.1) is 4.79 Å². The molecule has 0 bridgehead atoms. The average Bonchev–Trinajstić information content (AvgIpc) is 3.48. The molecule has 0 spiro atoms. The summed E-state index contributed by atoms with van der Waals surface area (Å²) in [4.78, 5) is 3.45. The smallest absolute Gasteiger partial charge is 0.348 e. The quantitative estimate of drug-likeness (QED) is 0.0120. The monoisotopic (exact) mass is 1160 g/mol. The van der Waals surface area contributed by atoms with Gasteiger partial charge in [-0.05, 0) is 84.8 Å². The number of allylic oxidation sites excluding steroid dienone is 2.